The Hall–Kier alpha value is -2.75. The number of fused-ring (bicyclic) bond motifs is 1. The highest BCUT2D eigenvalue weighted by atomic mass is 32.2. The summed E-state index contributed by atoms with van der Waals surface area (Å²) in [5.41, 5.74) is 1.79. The highest BCUT2D eigenvalue weighted by Crippen LogP contribution is 2.29. The zero-order valence-corrected chi connectivity index (χ0v) is 15.3. The minimum Gasteiger partial charge on any atom is -0.495 e. The molecule has 138 valence electrons. The Morgan fingerprint density at radius 2 is 2.08 bits per heavy atom. The lowest BCUT2D eigenvalue weighted by Crippen LogP contribution is -2.16. The average molecular weight is 379 g/mol. The van der Waals surface area contributed by atoms with Gasteiger partial charge in [-0.3, -0.25) is 4.72 Å². The summed E-state index contributed by atoms with van der Waals surface area (Å²) in [5.74, 6) is 0.415. The van der Waals surface area contributed by atoms with Crippen LogP contribution >= 0.6 is 0 Å². The van der Waals surface area contributed by atoms with Crippen LogP contribution in [0.15, 0.2) is 29.4 Å². The van der Waals surface area contributed by atoms with Crippen molar-refractivity contribution < 1.29 is 17.5 Å². The molecular weight excluding hydrogens is 361 g/mol. The maximum atomic E-state index is 13.0. The Morgan fingerprint density at radius 1 is 1.31 bits per heavy atom. The van der Waals surface area contributed by atoms with Crippen LogP contribution in [-0.2, 0) is 23.1 Å². The van der Waals surface area contributed by atoms with Gasteiger partial charge in [0.15, 0.2) is 0 Å². The third-order valence-corrected chi connectivity index (χ3v) is 4.98. The van der Waals surface area contributed by atoms with E-state index in [1.54, 1.807) is 25.1 Å². The van der Waals surface area contributed by atoms with E-state index in [1.807, 2.05) is 6.92 Å². The molecule has 0 atom stereocenters. The molecule has 0 amide bonds. The van der Waals surface area contributed by atoms with Crippen molar-refractivity contribution in [1.29, 1.82) is 0 Å². The summed E-state index contributed by atoms with van der Waals surface area (Å²) >= 11 is 0. The molecule has 0 spiro atoms. The molecule has 0 aliphatic carbocycles. The molecule has 1 N–H and O–H groups in total. The number of aromatic nitrogens is 4. The number of ether oxygens (including phenoxy) is 1. The number of aryl methyl sites for hydroxylation is 2. The van der Waals surface area contributed by atoms with Gasteiger partial charge in [0.25, 0.3) is 21.0 Å². The van der Waals surface area contributed by atoms with Gasteiger partial charge in [0.1, 0.15) is 12.4 Å². The summed E-state index contributed by atoms with van der Waals surface area (Å²) in [6.45, 7) is 2.84. The lowest BCUT2D eigenvalue weighted by atomic mass is 10.2. The first-order valence-corrected chi connectivity index (χ1v) is 9.36. The van der Waals surface area contributed by atoms with Crippen LogP contribution in [-0.4, -0.2) is 35.1 Å². The van der Waals surface area contributed by atoms with Gasteiger partial charge in [-0.25, -0.2) is 9.37 Å². The number of hydrogen-bond donors (Lipinski definition) is 1. The zero-order chi connectivity index (χ0) is 18.9. The van der Waals surface area contributed by atoms with Crippen molar-refractivity contribution >= 4 is 21.5 Å². The lowest BCUT2D eigenvalue weighted by Gasteiger charge is -2.12. The number of nitrogens with one attached hydrogen (secondary N) is 1. The first-order valence-electron chi connectivity index (χ1n) is 7.87. The molecule has 0 unspecified atom stereocenters. The fourth-order valence-corrected chi connectivity index (χ4v) is 3.53. The second-order valence-electron chi connectivity index (χ2n) is 5.59. The van der Waals surface area contributed by atoms with E-state index in [1.165, 1.54) is 17.7 Å². The van der Waals surface area contributed by atoms with Gasteiger partial charge in [-0.15, -0.1) is 5.10 Å². The maximum Gasteiger partial charge on any atom is 0.299 e. The number of halogens is 1. The first-order chi connectivity index (χ1) is 12.4. The molecule has 0 saturated heterocycles. The van der Waals surface area contributed by atoms with Crippen LogP contribution in [0.2, 0.25) is 0 Å². The summed E-state index contributed by atoms with van der Waals surface area (Å²) in [7, 11) is -2.63. The molecule has 0 saturated carbocycles. The van der Waals surface area contributed by atoms with Crippen LogP contribution in [0.25, 0.3) is 5.78 Å². The number of sulfonamides is 1. The molecule has 10 heteroatoms. The predicted molar refractivity (Wildman–Crippen MR) is 93.5 cm³/mol. The van der Waals surface area contributed by atoms with Gasteiger partial charge in [-0.05, 0) is 31.0 Å². The van der Waals surface area contributed by atoms with Gasteiger partial charge in [0.05, 0.1) is 18.5 Å². The molecule has 0 aliphatic heterocycles. The SMILES string of the molecule is CCc1cc(CF)nc2nc(S(=O)(=O)Nc3c(C)cccc3OC)nn12. The first kappa shape index (κ1) is 18.1. The second kappa shape index (κ2) is 6.87. The van der Waals surface area contributed by atoms with Crippen LogP contribution < -0.4 is 9.46 Å². The van der Waals surface area contributed by atoms with Crippen LogP contribution in [0.4, 0.5) is 10.1 Å². The van der Waals surface area contributed by atoms with Crippen molar-refractivity contribution in [2.45, 2.75) is 32.1 Å². The summed E-state index contributed by atoms with van der Waals surface area (Å²) in [6, 6.07) is 6.69. The second-order valence-corrected chi connectivity index (χ2v) is 7.17. The van der Waals surface area contributed by atoms with E-state index >= 15 is 0 Å². The van der Waals surface area contributed by atoms with Crippen LogP contribution in [0, 0.1) is 6.92 Å². The van der Waals surface area contributed by atoms with Gasteiger partial charge in [0.2, 0.25) is 0 Å². The third-order valence-electron chi connectivity index (χ3n) is 3.85. The van der Waals surface area contributed by atoms with E-state index < -0.39 is 21.9 Å². The quantitative estimate of drug-likeness (QED) is 0.705. The molecule has 0 aliphatic rings. The number of rotatable bonds is 6. The molecule has 2 aromatic heterocycles. The number of alkyl halides is 1. The van der Waals surface area contributed by atoms with Gasteiger partial charge in [-0.2, -0.15) is 17.9 Å². The number of nitrogens with zero attached hydrogens (tertiary/aromatic N) is 4. The minimum atomic E-state index is -4.08. The van der Waals surface area contributed by atoms with Gasteiger partial charge >= 0.3 is 0 Å². The summed E-state index contributed by atoms with van der Waals surface area (Å²) in [4.78, 5) is 7.96. The molecule has 2 heterocycles. The molecule has 3 rings (SSSR count). The number of methoxy groups -OCH3 is 1. The topological polar surface area (TPSA) is 98.5 Å². The highest BCUT2D eigenvalue weighted by Gasteiger charge is 2.24. The number of hydrogen-bond acceptors (Lipinski definition) is 6. The highest BCUT2D eigenvalue weighted by molar-refractivity contribution is 7.92. The number of benzene rings is 1. The normalized spacial score (nSPS) is 11.7. The molecule has 8 nitrogen and oxygen atoms in total. The Kier molecular flexibility index (Phi) is 4.77. The minimum absolute atomic E-state index is 0.0362. The predicted octanol–water partition coefficient (Wildman–Crippen LogP) is 2.27. The number of para-hydroxylation sites is 1. The number of anilines is 1. The molecule has 0 bridgehead atoms. The van der Waals surface area contributed by atoms with Crippen molar-refractivity contribution in [2.24, 2.45) is 0 Å². The fraction of sp³-hybridized carbons (Fsp3) is 0.312. The molecule has 0 radical (unpaired) electrons. The van der Waals surface area contributed by atoms with E-state index in [9.17, 15) is 12.8 Å². The lowest BCUT2D eigenvalue weighted by molar-refractivity contribution is 0.416. The van der Waals surface area contributed by atoms with E-state index in [0.717, 1.165) is 0 Å². The molecular formula is C16H18FN5O3S. The largest absolute Gasteiger partial charge is 0.495 e. The summed E-state index contributed by atoms with van der Waals surface area (Å²) < 4.78 is 47.4. The summed E-state index contributed by atoms with van der Waals surface area (Å²) in [6.07, 6.45) is 0.522. The van der Waals surface area contributed by atoms with Crippen molar-refractivity contribution in [3.8, 4) is 5.75 Å². The summed E-state index contributed by atoms with van der Waals surface area (Å²) in [5, 5.41) is 3.60. The standard InChI is InChI=1S/C16H18FN5O3S/c1-4-12-8-11(9-17)18-15-19-16(20-22(12)15)26(23,24)21-14-10(2)6-5-7-13(14)25-3/h5-8,21H,4,9H2,1-3H3. The van der Waals surface area contributed by atoms with Crippen molar-refractivity contribution in [2.75, 3.05) is 11.8 Å². The third kappa shape index (κ3) is 3.19. The van der Waals surface area contributed by atoms with E-state index in [4.69, 9.17) is 4.74 Å². The molecule has 0 fully saturated rings. The Morgan fingerprint density at radius 3 is 2.73 bits per heavy atom. The van der Waals surface area contributed by atoms with E-state index in [0.29, 0.717) is 29.1 Å². The smallest absolute Gasteiger partial charge is 0.299 e. The molecule has 3 aromatic rings. The van der Waals surface area contributed by atoms with Gasteiger partial charge in [-0.1, -0.05) is 19.1 Å². The zero-order valence-electron chi connectivity index (χ0n) is 14.5. The Labute approximate surface area is 150 Å². The Bertz CT molecular complexity index is 1070. The molecule has 1 aromatic carbocycles. The van der Waals surface area contributed by atoms with Crippen molar-refractivity contribution in [3.63, 3.8) is 0 Å². The van der Waals surface area contributed by atoms with E-state index in [-0.39, 0.29) is 11.5 Å². The Balaban J connectivity index is 2.08. The monoisotopic (exact) mass is 379 g/mol. The van der Waals surface area contributed by atoms with E-state index in [2.05, 4.69) is 19.8 Å². The fourth-order valence-electron chi connectivity index (χ4n) is 2.52. The maximum absolute atomic E-state index is 13.0. The van der Waals surface area contributed by atoms with Gasteiger partial charge < -0.3 is 4.74 Å². The van der Waals surface area contributed by atoms with Crippen LogP contribution in [0.3, 0.4) is 0 Å². The van der Waals surface area contributed by atoms with Crippen LogP contribution in [0.5, 0.6) is 5.75 Å². The molecule has 26 heavy (non-hydrogen) atoms. The van der Waals surface area contributed by atoms with Crippen molar-refractivity contribution in [1.82, 2.24) is 19.6 Å². The van der Waals surface area contributed by atoms with Gasteiger partial charge in [0, 0.05) is 5.69 Å². The average Bonchev–Trinajstić information content (AvgIpc) is 3.07. The van der Waals surface area contributed by atoms with Crippen LogP contribution in [0.1, 0.15) is 23.9 Å². The van der Waals surface area contributed by atoms with Crippen molar-refractivity contribution in [3.05, 3.63) is 41.2 Å².